The third-order valence-electron chi connectivity index (χ3n) is 4.43. The standard InChI is InChI=1S/C23H30N2O2/c1-6-27-22(26)12-11-19-17(5)25-21(13-15(2)3)20(14-24)23(19)18-9-7-16(4)8-10-18/h7-12,15H,6,13-14,24H2,1-5H3. The minimum atomic E-state index is -0.354. The van der Waals surface area contributed by atoms with Crippen molar-refractivity contribution in [2.75, 3.05) is 6.61 Å². The number of carbonyl (C=O) groups is 1. The molecule has 1 aromatic carbocycles. The maximum Gasteiger partial charge on any atom is 0.330 e. The Morgan fingerprint density at radius 2 is 1.89 bits per heavy atom. The van der Waals surface area contributed by atoms with Crippen molar-refractivity contribution in [3.05, 3.63) is 58.4 Å². The molecule has 0 radical (unpaired) electrons. The molecular weight excluding hydrogens is 336 g/mol. The van der Waals surface area contributed by atoms with Crippen LogP contribution in [0, 0.1) is 19.8 Å². The molecule has 4 heteroatoms. The van der Waals surface area contributed by atoms with Gasteiger partial charge < -0.3 is 10.5 Å². The molecule has 0 aliphatic carbocycles. The van der Waals surface area contributed by atoms with E-state index in [-0.39, 0.29) is 5.97 Å². The molecule has 1 heterocycles. The van der Waals surface area contributed by atoms with Crippen LogP contribution in [0.15, 0.2) is 30.3 Å². The van der Waals surface area contributed by atoms with E-state index in [1.165, 1.54) is 11.6 Å². The highest BCUT2D eigenvalue weighted by atomic mass is 16.5. The molecule has 27 heavy (non-hydrogen) atoms. The Kier molecular flexibility index (Phi) is 7.31. The van der Waals surface area contributed by atoms with Crippen molar-refractivity contribution in [2.24, 2.45) is 11.7 Å². The lowest BCUT2D eigenvalue weighted by Gasteiger charge is -2.19. The summed E-state index contributed by atoms with van der Waals surface area (Å²) < 4.78 is 5.03. The maximum absolute atomic E-state index is 11.8. The lowest BCUT2D eigenvalue weighted by atomic mass is 9.89. The molecule has 0 aliphatic rings. The van der Waals surface area contributed by atoms with Gasteiger partial charge in [-0.05, 0) is 55.9 Å². The fourth-order valence-electron chi connectivity index (χ4n) is 3.19. The van der Waals surface area contributed by atoms with Crippen molar-refractivity contribution >= 4 is 12.0 Å². The smallest absolute Gasteiger partial charge is 0.330 e. The zero-order valence-corrected chi connectivity index (χ0v) is 17.0. The summed E-state index contributed by atoms with van der Waals surface area (Å²) in [5.74, 6) is 0.126. The van der Waals surface area contributed by atoms with E-state index in [1.807, 2.05) is 6.92 Å². The van der Waals surface area contributed by atoms with Crippen LogP contribution in [0.25, 0.3) is 17.2 Å². The first-order valence-corrected chi connectivity index (χ1v) is 9.51. The number of hydrogen-bond acceptors (Lipinski definition) is 4. The molecular formula is C23H30N2O2. The fraction of sp³-hybridized carbons (Fsp3) is 0.391. The van der Waals surface area contributed by atoms with Gasteiger partial charge in [-0.3, -0.25) is 4.98 Å². The van der Waals surface area contributed by atoms with Crippen molar-refractivity contribution in [1.29, 1.82) is 0 Å². The number of hydrogen-bond donors (Lipinski definition) is 1. The van der Waals surface area contributed by atoms with Gasteiger partial charge in [-0.15, -0.1) is 0 Å². The molecule has 0 saturated heterocycles. The van der Waals surface area contributed by atoms with Gasteiger partial charge in [0.2, 0.25) is 0 Å². The quantitative estimate of drug-likeness (QED) is 0.574. The summed E-state index contributed by atoms with van der Waals surface area (Å²) in [6.45, 7) is 11.0. The zero-order chi connectivity index (χ0) is 20.0. The van der Waals surface area contributed by atoms with Crippen LogP contribution in [0.2, 0.25) is 0 Å². The number of esters is 1. The van der Waals surface area contributed by atoms with Crippen molar-refractivity contribution in [3.8, 4) is 11.1 Å². The van der Waals surface area contributed by atoms with E-state index in [2.05, 4.69) is 45.0 Å². The lowest BCUT2D eigenvalue weighted by molar-refractivity contribution is -0.137. The second kappa shape index (κ2) is 9.47. The van der Waals surface area contributed by atoms with Gasteiger partial charge in [-0.25, -0.2) is 4.79 Å². The van der Waals surface area contributed by atoms with Gasteiger partial charge in [-0.2, -0.15) is 0 Å². The molecule has 0 amide bonds. The van der Waals surface area contributed by atoms with Crippen molar-refractivity contribution in [1.82, 2.24) is 4.98 Å². The molecule has 0 saturated carbocycles. The number of nitrogens with two attached hydrogens (primary N) is 1. The highest BCUT2D eigenvalue weighted by molar-refractivity contribution is 5.90. The Hall–Kier alpha value is -2.46. The van der Waals surface area contributed by atoms with Gasteiger partial charge in [0.25, 0.3) is 0 Å². The van der Waals surface area contributed by atoms with Gasteiger partial charge in [0.05, 0.1) is 6.61 Å². The van der Waals surface area contributed by atoms with E-state index < -0.39 is 0 Å². The summed E-state index contributed by atoms with van der Waals surface area (Å²) >= 11 is 0. The van der Waals surface area contributed by atoms with Crippen molar-refractivity contribution < 1.29 is 9.53 Å². The molecule has 0 aliphatic heterocycles. The second-order valence-electron chi connectivity index (χ2n) is 7.16. The number of benzene rings is 1. The SMILES string of the molecule is CCOC(=O)C=Cc1c(C)nc(CC(C)C)c(CN)c1-c1ccc(C)cc1. The van der Waals surface area contributed by atoms with Crippen LogP contribution in [0.1, 0.15) is 48.8 Å². The van der Waals surface area contributed by atoms with Crippen LogP contribution in [0.3, 0.4) is 0 Å². The molecule has 144 valence electrons. The Bertz CT molecular complexity index is 821. The summed E-state index contributed by atoms with van der Waals surface area (Å²) in [5.41, 5.74) is 13.4. The van der Waals surface area contributed by atoms with Crippen LogP contribution < -0.4 is 5.73 Å². The van der Waals surface area contributed by atoms with Crippen LogP contribution in [0.5, 0.6) is 0 Å². The first-order valence-electron chi connectivity index (χ1n) is 9.51. The van der Waals surface area contributed by atoms with Crippen LogP contribution in [-0.2, 0) is 22.5 Å². The number of aryl methyl sites for hydroxylation is 2. The van der Waals surface area contributed by atoms with Gasteiger partial charge in [0, 0.05) is 29.6 Å². The highest BCUT2D eigenvalue weighted by Gasteiger charge is 2.18. The third-order valence-corrected chi connectivity index (χ3v) is 4.43. The molecule has 0 unspecified atom stereocenters. The third kappa shape index (κ3) is 5.27. The summed E-state index contributed by atoms with van der Waals surface area (Å²) in [6.07, 6.45) is 4.13. The van der Waals surface area contributed by atoms with E-state index in [0.29, 0.717) is 19.1 Å². The number of nitrogens with zero attached hydrogens (tertiary/aromatic N) is 1. The monoisotopic (exact) mass is 366 g/mol. The average Bonchev–Trinajstić information content (AvgIpc) is 2.61. The Morgan fingerprint density at radius 3 is 2.44 bits per heavy atom. The zero-order valence-electron chi connectivity index (χ0n) is 17.0. The largest absolute Gasteiger partial charge is 0.463 e. The number of pyridine rings is 1. The summed E-state index contributed by atoms with van der Waals surface area (Å²) in [7, 11) is 0. The summed E-state index contributed by atoms with van der Waals surface area (Å²) in [5, 5.41) is 0. The molecule has 4 nitrogen and oxygen atoms in total. The topological polar surface area (TPSA) is 65.2 Å². The average molecular weight is 367 g/mol. The molecule has 2 rings (SSSR count). The Balaban J connectivity index is 2.70. The predicted molar refractivity (Wildman–Crippen MR) is 111 cm³/mol. The van der Waals surface area contributed by atoms with Gasteiger partial charge in [-0.1, -0.05) is 43.7 Å². The van der Waals surface area contributed by atoms with E-state index in [1.54, 1.807) is 13.0 Å². The van der Waals surface area contributed by atoms with E-state index in [9.17, 15) is 4.79 Å². The van der Waals surface area contributed by atoms with E-state index in [4.69, 9.17) is 15.5 Å². The summed E-state index contributed by atoms with van der Waals surface area (Å²) in [4.78, 5) is 16.7. The molecule has 2 aromatic rings. The number of rotatable bonds is 7. The molecule has 1 aromatic heterocycles. The second-order valence-corrected chi connectivity index (χ2v) is 7.16. The minimum absolute atomic E-state index is 0.354. The van der Waals surface area contributed by atoms with Crippen molar-refractivity contribution in [2.45, 2.75) is 47.6 Å². The maximum atomic E-state index is 11.8. The van der Waals surface area contributed by atoms with Crippen LogP contribution >= 0.6 is 0 Å². The first kappa shape index (κ1) is 20.8. The van der Waals surface area contributed by atoms with Crippen LogP contribution in [0.4, 0.5) is 0 Å². The fourth-order valence-corrected chi connectivity index (χ4v) is 3.19. The summed E-state index contributed by atoms with van der Waals surface area (Å²) in [6, 6.07) is 8.38. The molecule has 0 fully saturated rings. The predicted octanol–water partition coefficient (Wildman–Crippen LogP) is 4.60. The molecule has 2 N–H and O–H groups in total. The molecule has 0 bridgehead atoms. The van der Waals surface area contributed by atoms with Gasteiger partial charge >= 0.3 is 5.97 Å². The van der Waals surface area contributed by atoms with E-state index >= 15 is 0 Å². The minimum Gasteiger partial charge on any atom is -0.463 e. The number of aromatic nitrogens is 1. The number of ether oxygens (including phenoxy) is 1. The Labute approximate surface area is 162 Å². The lowest BCUT2D eigenvalue weighted by Crippen LogP contribution is -2.12. The van der Waals surface area contributed by atoms with Gasteiger partial charge in [0.15, 0.2) is 0 Å². The Morgan fingerprint density at radius 1 is 1.22 bits per heavy atom. The van der Waals surface area contributed by atoms with E-state index in [0.717, 1.165) is 40.1 Å². The highest BCUT2D eigenvalue weighted by Crippen LogP contribution is 2.33. The first-order chi connectivity index (χ1) is 12.9. The number of carbonyl (C=O) groups excluding carboxylic acids is 1. The normalized spacial score (nSPS) is 11.4. The molecule has 0 spiro atoms. The van der Waals surface area contributed by atoms with Gasteiger partial charge in [0.1, 0.15) is 0 Å². The van der Waals surface area contributed by atoms with Crippen LogP contribution in [-0.4, -0.2) is 17.6 Å². The molecule has 0 atom stereocenters. The van der Waals surface area contributed by atoms with Crippen molar-refractivity contribution in [3.63, 3.8) is 0 Å².